The van der Waals surface area contributed by atoms with Crippen LogP contribution in [0, 0.1) is 6.92 Å². The molecular weight excluding hydrogens is 328 g/mol. The minimum atomic E-state index is -0.224. The Labute approximate surface area is 154 Å². The van der Waals surface area contributed by atoms with E-state index in [1.165, 1.54) is 0 Å². The van der Waals surface area contributed by atoms with E-state index in [-0.39, 0.29) is 24.4 Å². The van der Waals surface area contributed by atoms with Crippen molar-refractivity contribution in [2.24, 2.45) is 0 Å². The molecule has 0 spiro atoms. The molecule has 0 radical (unpaired) electrons. The molecule has 1 aliphatic rings. The van der Waals surface area contributed by atoms with Gasteiger partial charge in [0, 0.05) is 12.1 Å². The monoisotopic (exact) mass is 352 g/mol. The highest BCUT2D eigenvalue weighted by Crippen LogP contribution is 2.32. The number of carbonyl (C=O) groups excluding carboxylic acids is 2. The van der Waals surface area contributed by atoms with Gasteiger partial charge in [-0.3, -0.25) is 9.59 Å². The summed E-state index contributed by atoms with van der Waals surface area (Å²) in [5, 5.41) is 2.74. The third-order valence-electron chi connectivity index (χ3n) is 4.79. The Morgan fingerprint density at radius 1 is 1.12 bits per heavy atom. The smallest absolute Gasteiger partial charge is 0.251 e. The SMILES string of the molecule is COc1ccc([C@@H]2CCCN2C(=O)CNC(=O)c2ccc(C)cc2)cc1. The lowest BCUT2D eigenvalue weighted by Gasteiger charge is -2.25. The number of likely N-dealkylation sites (tertiary alicyclic amines) is 1. The quantitative estimate of drug-likeness (QED) is 0.900. The maximum absolute atomic E-state index is 12.6. The fraction of sp³-hybridized carbons (Fsp3) is 0.333. The zero-order valence-electron chi connectivity index (χ0n) is 15.2. The maximum atomic E-state index is 12.6. The molecule has 5 heteroatoms. The first kappa shape index (κ1) is 18.0. The van der Waals surface area contributed by atoms with E-state index >= 15 is 0 Å². The fourth-order valence-electron chi connectivity index (χ4n) is 3.30. The average molecular weight is 352 g/mol. The van der Waals surface area contributed by atoms with E-state index in [1.54, 1.807) is 19.2 Å². The Bertz CT molecular complexity index is 769. The number of ether oxygens (including phenoxy) is 1. The molecule has 1 saturated heterocycles. The second-order valence-corrected chi connectivity index (χ2v) is 6.57. The number of aryl methyl sites for hydroxylation is 1. The molecule has 3 rings (SSSR count). The molecule has 1 atom stereocenters. The highest BCUT2D eigenvalue weighted by atomic mass is 16.5. The number of amides is 2. The first-order chi connectivity index (χ1) is 12.6. The van der Waals surface area contributed by atoms with Crippen LogP contribution in [0.3, 0.4) is 0 Å². The van der Waals surface area contributed by atoms with Crippen LogP contribution in [0.1, 0.15) is 40.4 Å². The number of nitrogens with zero attached hydrogens (tertiary/aromatic N) is 1. The summed E-state index contributed by atoms with van der Waals surface area (Å²) in [6.45, 7) is 2.70. The second kappa shape index (κ2) is 8.04. The predicted molar refractivity (Wildman–Crippen MR) is 100 cm³/mol. The Hall–Kier alpha value is -2.82. The molecule has 26 heavy (non-hydrogen) atoms. The van der Waals surface area contributed by atoms with Gasteiger partial charge in [0.25, 0.3) is 5.91 Å². The molecule has 0 bridgehead atoms. The summed E-state index contributed by atoms with van der Waals surface area (Å²) in [5.74, 6) is 0.525. The van der Waals surface area contributed by atoms with Crippen LogP contribution < -0.4 is 10.1 Å². The molecule has 5 nitrogen and oxygen atoms in total. The predicted octanol–water partition coefficient (Wildman–Crippen LogP) is 3.10. The first-order valence-corrected chi connectivity index (χ1v) is 8.87. The lowest BCUT2D eigenvalue weighted by Crippen LogP contribution is -2.39. The molecule has 0 aliphatic carbocycles. The minimum Gasteiger partial charge on any atom is -0.497 e. The van der Waals surface area contributed by atoms with E-state index < -0.39 is 0 Å². The number of carbonyl (C=O) groups is 2. The summed E-state index contributed by atoms with van der Waals surface area (Å²) < 4.78 is 5.19. The standard InChI is InChI=1S/C21H24N2O3/c1-15-5-7-17(8-6-15)21(25)22-14-20(24)23-13-3-4-19(23)16-9-11-18(26-2)12-10-16/h5-12,19H,3-4,13-14H2,1-2H3,(H,22,25)/t19-/m0/s1. The van der Waals surface area contributed by atoms with Crippen LogP contribution in [-0.2, 0) is 4.79 Å². The van der Waals surface area contributed by atoms with Gasteiger partial charge in [-0.2, -0.15) is 0 Å². The summed E-state index contributed by atoms with van der Waals surface area (Å²) in [6, 6.07) is 15.2. The van der Waals surface area contributed by atoms with E-state index in [2.05, 4.69) is 5.32 Å². The van der Waals surface area contributed by atoms with Gasteiger partial charge in [-0.1, -0.05) is 29.8 Å². The molecule has 2 aromatic carbocycles. The third kappa shape index (κ3) is 4.04. The molecule has 2 amide bonds. The van der Waals surface area contributed by atoms with Crippen LogP contribution >= 0.6 is 0 Å². The maximum Gasteiger partial charge on any atom is 0.251 e. The topological polar surface area (TPSA) is 58.6 Å². The summed E-state index contributed by atoms with van der Waals surface area (Å²) >= 11 is 0. The van der Waals surface area contributed by atoms with Crippen molar-refractivity contribution in [2.45, 2.75) is 25.8 Å². The number of nitrogens with one attached hydrogen (secondary N) is 1. The largest absolute Gasteiger partial charge is 0.497 e. The Kier molecular flexibility index (Phi) is 5.56. The molecule has 0 unspecified atom stereocenters. The van der Waals surface area contributed by atoms with Gasteiger partial charge in [0.05, 0.1) is 19.7 Å². The van der Waals surface area contributed by atoms with E-state index in [0.29, 0.717) is 5.56 Å². The Balaban J connectivity index is 1.61. The van der Waals surface area contributed by atoms with Crippen LogP contribution in [0.5, 0.6) is 5.75 Å². The van der Waals surface area contributed by atoms with Crippen molar-refractivity contribution in [1.82, 2.24) is 10.2 Å². The highest BCUT2D eigenvalue weighted by Gasteiger charge is 2.29. The van der Waals surface area contributed by atoms with Crippen molar-refractivity contribution in [3.05, 3.63) is 65.2 Å². The van der Waals surface area contributed by atoms with Gasteiger partial charge in [0.2, 0.25) is 5.91 Å². The third-order valence-corrected chi connectivity index (χ3v) is 4.79. The van der Waals surface area contributed by atoms with Gasteiger partial charge in [0.1, 0.15) is 5.75 Å². The van der Waals surface area contributed by atoms with Gasteiger partial charge < -0.3 is 15.0 Å². The van der Waals surface area contributed by atoms with E-state index in [1.807, 2.05) is 48.2 Å². The van der Waals surface area contributed by atoms with Crippen molar-refractivity contribution in [1.29, 1.82) is 0 Å². The van der Waals surface area contributed by atoms with Crippen LogP contribution in [0.4, 0.5) is 0 Å². The van der Waals surface area contributed by atoms with Crippen LogP contribution in [0.2, 0.25) is 0 Å². The number of benzene rings is 2. The van der Waals surface area contributed by atoms with Crippen molar-refractivity contribution >= 4 is 11.8 Å². The van der Waals surface area contributed by atoms with Gasteiger partial charge in [0.15, 0.2) is 0 Å². The van der Waals surface area contributed by atoms with E-state index in [4.69, 9.17) is 4.74 Å². The molecular formula is C21H24N2O3. The molecule has 0 saturated carbocycles. The van der Waals surface area contributed by atoms with Gasteiger partial charge in [-0.05, 0) is 49.6 Å². The molecule has 2 aromatic rings. The van der Waals surface area contributed by atoms with Crippen molar-refractivity contribution in [2.75, 3.05) is 20.2 Å². The molecule has 1 aliphatic heterocycles. The number of hydrogen-bond acceptors (Lipinski definition) is 3. The van der Waals surface area contributed by atoms with E-state index in [9.17, 15) is 9.59 Å². The molecule has 136 valence electrons. The molecule has 1 N–H and O–H groups in total. The zero-order chi connectivity index (χ0) is 18.5. The molecule has 0 aromatic heterocycles. The normalized spacial score (nSPS) is 16.4. The van der Waals surface area contributed by atoms with Crippen molar-refractivity contribution < 1.29 is 14.3 Å². The van der Waals surface area contributed by atoms with Crippen LogP contribution in [-0.4, -0.2) is 36.9 Å². The van der Waals surface area contributed by atoms with Crippen LogP contribution in [0.15, 0.2) is 48.5 Å². The van der Waals surface area contributed by atoms with Crippen molar-refractivity contribution in [3.63, 3.8) is 0 Å². The summed E-state index contributed by atoms with van der Waals surface area (Å²) in [7, 11) is 1.64. The second-order valence-electron chi connectivity index (χ2n) is 6.57. The lowest BCUT2D eigenvalue weighted by molar-refractivity contribution is -0.131. The summed E-state index contributed by atoms with van der Waals surface area (Å²) in [5.41, 5.74) is 2.76. The minimum absolute atomic E-state index is 0.0133. The molecule has 1 heterocycles. The van der Waals surface area contributed by atoms with Crippen LogP contribution in [0.25, 0.3) is 0 Å². The number of methoxy groups -OCH3 is 1. The zero-order valence-corrected chi connectivity index (χ0v) is 15.2. The number of hydrogen-bond donors (Lipinski definition) is 1. The average Bonchev–Trinajstić information content (AvgIpc) is 3.16. The van der Waals surface area contributed by atoms with Gasteiger partial charge in [-0.15, -0.1) is 0 Å². The van der Waals surface area contributed by atoms with Gasteiger partial charge in [-0.25, -0.2) is 0 Å². The van der Waals surface area contributed by atoms with E-state index in [0.717, 1.165) is 36.3 Å². The lowest BCUT2D eigenvalue weighted by atomic mass is 10.0. The van der Waals surface area contributed by atoms with Crippen molar-refractivity contribution in [3.8, 4) is 5.75 Å². The van der Waals surface area contributed by atoms with Gasteiger partial charge >= 0.3 is 0 Å². The fourth-order valence-corrected chi connectivity index (χ4v) is 3.30. The summed E-state index contributed by atoms with van der Waals surface area (Å²) in [6.07, 6.45) is 1.90. The molecule has 1 fully saturated rings. The Morgan fingerprint density at radius 2 is 1.81 bits per heavy atom. The number of rotatable bonds is 5. The summed E-state index contributed by atoms with van der Waals surface area (Å²) in [4.78, 5) is 26.7. The Morgan fingerprint density at radius 3 is 2.46 bits per heavy atom. The first-order valence-electron chi connectivity index (χ1n) is 8.87. The highest BCUT2D eigenvalue weighted by molar-refractivity contribution is 5.96.